The van der Waals surface area contributed by atoms with Gasteiger partial charge in [0.15, 0.2) is 17.6 Å². The molecule has 0 bridgehead atoms. The van der Waals surface area contributed by atoms with Gasteiger partial charge in [0, 0.05) is 32.2 Å². The van der Waals surface area contributed by atoms with Gasteiger partial charge in [-0.3, -0.25) is 0 Å². The molecule has 2 heterocycles. The van der Waals surface area contributed by atoms with Crippen molar-refractivity contribution in [2.75, 3.05) is 33.4 Å². The highest BCUT2D eigenvalue weighted by Gasteiger charge is 2.35. The first kappa shape index (κ1) is 32.0. The highest BCUT2D eigenvalue weighted by Crippen LogP contribution is 2.32. The second-order valence-corrected chi connectivity index (χ2v) is 10.8. The van der Waals surface area contributed by atoms with Crippen molar-refractivity contribution in [1.82, 2.24) is 10.6 Å². The van der Waals surface area contributed by atoms with Crippen LogP contribution >= 0.6 is 0 Å². The van der Waals surface area contributed by atoms with Crippen molar-refractivity contribution in [1.29, 1.82) is 0 Å². The van der Waals surface area contributed by atoms with Gasteiger partial charge in [-0.2, -0.15) is 0 Å². The van der Waals surface area contributed by atoms with Crippen LogP contribution in [-0.2, 0) is 6.42 Å². The van der Waals surface area contributed by atoms with Crippen LogP contribution in [0, 0.1) is 17.9 Å². The van der Waals surface area contributed by atoms with E-state index < -0.39 is 12.2 Å². The standard InChI is InChI=1S/C31H47N3O6/c1-5-6-7-30-24(18-35)13-25(40-30)10-8-22-9-11-28(37)31(12-22)39-19-29(38)26-14-23(16-34-26)21(3)27(17-32-4)33-15-20(2)36/h9,11-14,16,20-21,27,29-30,32-33,35-36,38,40H,5-8,10,15,17-19H2,1-4H3/p+1. The average Bonchev–Trinajstić information content (AvgIpc) is 3.59. The number of aliphatic hydroxyl groups is 5. The van der Waals surface area contributed by atoms with E-state index in [4.69, 9.17) is 9.47 Å². The van der Waals surface area contributed by atoms with Gasteiger partial charge in [0.2, 0.25) is 5.70 Å². The number of likely N-dealkylation sites (N-methyl/N-ethyl adjacent to an activating group) is 1. The number of aryl methyl sites for hydroxylation is 1. The van der Waals surface area contributed by atoms with E-state index in [1.807, 2.05) is 25.3 Å². The molecule has 40 heavy (non-hydrogen) atoms. The second-order valence-electron chi connectivity index (χ2n) is 10.8. The Labute approximate surface area is 239 Å². The monoisotopic (exact) mass is 558 g/mol. The largest absolute Gasteiger partial charge is 0.504 e. The van der Waals surface area contributed by atoms with Gasteiger partial charge >= 0.3 is 0 Å². The lowest BCUT2D eigenvalue weighted by Gasteiger charge is -2.24. The third kappa shape index (κ3) is 9.26. The Morgan fingerprint density at radius 3 is 2.73 bits per heavy atom. The number of allylic oxidation sites excluding steroid dienone is 1. The predicted octanol–water partition coefficient (Wildman–Crippen LogP) is 2.35. The van der Waals surface area contributed by atoms with Crippen LogP contribution in [0.4, 0.5) is 0 Å². The first-order valence-electron chi connectivity index (χ1n) is 14.4. The number of aromatic hydroxyl groups is 1. The van der Waals surface area contributed by atoms with Crippen molar-refractivity contribution in [3.8, 4) is 11.5 Å². The topological polar surface area (TPSA) is 139 Å². The maximum Gasteiger partial charge on any atom is 0.207 e. The molecule has 0 radical (unpaired) electrons. The number of phenols is 1. The maximum absolute atomic E-state index is 10.8. The Morgan fingerprint density at radius 1 is 1.23 bits per heavy atom. The van der Waals surface area contributed by atoms with E-state index in [2.05, 4.69) is 29.5 Å². The highest BCUT2D eigenvalue weighted by atomic mass is 16.5. The van der Waals surface area contributed by atoms with Gasteiger partial charge < -0.3 is 40.5 Å². The fourth-order valence-electron chi connectivity index (χ4n) is 4.95. The van der Waals surface area contributed by atoms with Crippen LogP contribution in [-0.4, -0.2) is 89.1 Å². The molecular weight excluding hydrogens is 510 g/mol. The zero-order valence-electron chi connectivity index (χ0n) is 24.3. The molecule has 5 atom stereocenters. The minimum Gasteiger partial charge on any atom is -0.504 e. The van der Waals surface area contributed by atoms with E-state index in [9.17, 15) is 20.4 Å². The first-order chi connectivity index (χ1) is 19.2. The quantitative estimate of drug-likeness (QED) is 0.120. The zero-order chi connectivity index (χ0) is 29.1. The number of hydrogen-bond acceptors (Lipinski definition) is 8. The minimum absolute atomic E-state index is 0.0140. The van der Waals surface area contributed by atoms with Crippen molar-refractivity contribution < 1.29 is 29.9 Å². The van der Waals surface area contributed by atoms with Gasteiger partial charge in [-0.25, -0.2) is 0 Å². The zero-order valence-corrected chi connectivity index (χ0v) is 24.3. The molecule has 0 amide bonds. The van der Waals surface area contributed by atoms with Gasteiger partial charge in [-0.05, 0) is 57.9 Å². The molecule has 7 N–H and O–H groups in total. The van der Waals surface area contributed by atoms with E-state index in [0.29, 0.717) is 18.0 Å². The maximum atomic E-state index is 10.8. The molecule has 0 aliphatic carbocycles. The molecule has 1 aromatic carbocycles. The van der Waals surface area contributed by atoms with Crippen LogP contribution in [0.15, 0.2) is 46.6 Å². The molecule has 0 aromatic heterocycles. The smallest absolute Gasteiger partial charge is 0.207 e. The van der Waals surface area contributed by atoms with Gasteiger partial charge in [0.05, 0.1) is 18.1 Å². The third-order valence-electron chi connectivity index (χ3n) is 7.45. The molecule has 2 aliphatic rings. The number of aliphatic imine (C=N–C) groups is 1. The molecule has 0 fully saturated rings. The van der Waals surface area contributed by atoms with Crippen LogP contribution < -0.4 is 15.4 Å². The lowest BCUT2D eigenvalue weighted by Crippen LogP contribution is -2.46. The van der Waals surface area contributed by atoms with Crippen LogP contribution in [0.5, 0.6) is 11.5 Å². The van der Waals surface area contributed by atoms with Crippen LogP contribution in [0.25, 0.3) is 0 Å². The summed E-state index contributed by atoms with van der Waals surface area (Å²) in [5.41, 5.74) is 2.49. The Balaban J connectivity index is 1.53. The summed E-state index contributed by atoms with van der Waals surface area (Å²) in [5, 5.41) is 47.0. The summed E-state index contributed by atoms with van der Waals surface area (Å²) in [4.78, 5) is 4.41. The lowest BCUT2D eigenvalue weighted by atomic mass is 9.88. The minimum atomic E-state index is -0.952. The van der Waals surface area contributed by atoms with Gasteiger partial charge in [-0.15, -0.1) is 16.6 Å². The number of unbranched alkanes of at least 4 members (excludes halogenated alkanes) is 1. The summed E-state index contributed by atoms with van der Waals surface area (Å²) in [6.07, 6.45) is 9.94. The van der Waals surface area contributed by atoms with E-state index in [0.717, 1.165) is 61.8 Å². The van der Waals surface area contributed by atoms with E-state index in [-0.39, 0.29) is 37.0 Å². The van der Waals surface area contributed by atoms with Crippen LogP contribution in [0.3, 0.4) is 0 Å². The van der Waals surface area contributed by atoms with Crippen LogP contribution in [0.1, 0.15) is 52.0 Å². The Kier molecular flexibility index (Phi) is 12.8. The number of rotatable bonds is 18. The van der Waals surface area contributed by atoms with E-state index in [1.54, 1.807) is 25.3 Å². The van der Waals surface area contributed by atoms with Gasteiger partial charge in [0.1, 0.15) is 30.9 Å². The average molecular weight is 559 g/mol. The molecule has 2 aliphatic heterocycles. The number of hydrogen-bond donors (Lipinski definition) is 6. The van der Waals surface area contributed by atoms with Gasteiger partial charge in [-0.1, -0.05) is 19.4 Å². The number of benzene rings is 1. The predicted molar refractivity (Wildman–Crippen MR) is 158 cm³/mol. The number of aliphatic hydroxyl groups excluding tert-OH is 3. The van der Waals surface area contributed by atoms with Crippen LogP contribution in [0.2, 0.25) is 0 Å². The number of ether oxygens (including phenoxy) is 2. The SMILES string of the molecule is CCCCC1[OH+][C-](CCc2ccc(O)c(OCC(O)C3=C[C+](C(C)C(CNC)NCC(C)O)C=N3)c2)C=C1CO. The van der Waals surface area contributed by atoms with Crippen molar-refractivity contribution in [2.45, 2.75) is 77.2 Å². The molecular formula is C31H48N3O6+. The molecule has 3 rings (SSSR count). The summed E-state index contributed by atoms with van der Waals surface area (Å²) in [6.45, 7) is 7.20. The molecule has 1 aromatic rings. The molecule has 9 nitrogen and oxygen atoms in total. The fraction of sp³-hybridized carbons (Fsp3) is 0.581. The Hall–Kier alpha value is -2.53. The van der Waals surface area contributed by atoms with Gasteiger partial charge in [0.25, 0.3) is 0 Å². The van der Waals surface area contributed by atoms with E-state index >= 15 is 0 Å². The number of nitrogens with one attached hydrogen (secondary N) is 2. The third-order valence-corrected chi connectivity index (χ3v) is 7.45. The van der Waals surface area contributed by atoms with Crippen molar-refractivity contribution >= 4 is 6.21 Å². The molecule has 0 spiro atoms. The molecule has 0 saturated heterocycles. The molecule has 222 valence electrons. The number of nitrogens with zero attached hydrogens (tertiary/aromatic N) is 1. The second kappa shape index (κ2) is 16.0. The molecule has 5 unspecified atom stereocenters. The summed E-state index contributed by atoms with van der Waals surface area (Å²) in [7, 11) is 1.89. The van der Waals surface area contributed by atoms with Crippen molar-refractivity contribution in [2.24, 2.45) is 10.9 Å². The normalized spacial score (nSPS) is 19.9. The number of phenolic OH excluding ortho intramolecular Hbond substituents is 1. The summed E-state index contributed by atoms with van der Waals surface area (Å²) in [5.74, 6) is 1.42. The summed E-state index contributed by atoms with van der Waals surface area (Å²) >= 11 is 0. The summed E-state index contributed by atoms with van der Waals surface area (Å²) < 4.78 is 10.6. The van der Waals surface area contributed by atoms with Crippen molar-refractivity contribution in [3.63, 3.8) is 0 Å². The van der Waals surface area contributed by atoms with E-state index in [1.165, 1.54) is 0 Å². The Bertz CT molecular complexity index is 1010. The van der Waals surface area contributed by atoms with Crippen molar-refractivity contribution in [3.05, 3.63) is 59.2 Å². The Morgan fingerprint density at radius 2 is 2.02 bits per heavy atom. The lowest BCUT2D eigenvalue weighted by molar-refractivity contribution is -0.0550. The fourth-order valence-corrected chi connectivity index (χ4v) is 4.95. The molecule has 0 saturated carbocycles. The highest BCUT2D eigenvalue weighted by molar-refractivity contribution is 5.83. The first-order valence-corrected chi connectivity index (χ1v) is 14.4. The summed E-state index contributed by atoms with van der Waals surface area (Å²) in [6, 6.07) is 5.35. The molecule has 9 heteroatoms.